The van der Waals surface area contributed by atoms with Crippen LogP contribution in [0.1, 0.15) is 15.7 Å². The summed E-state index contributed by atoms with van der Waals surface area (Å²) in [7, 11) is 0. The van der Waals surface area contributed by atoms with Crippen LogP contribution in [0.4, 0.5) is 0 Å². The third kappa shape index (κ3) is 2.32. The van der Waals surface area contributed by atoms with E-state index in [-0.39, 0.29) is 5.56 Å². The molecule has 0 atom stereocenters. The average molecular weight is 347 g/mol. The molecule has 0 fully saturated rings. The first-order valence-corrected chi connectivity index (χ1v) is 6.60. The van der Waals surface area contributed by atoms with Crippen molar-refractivity contribution in [1.29, 1.82) is 0 Å². The predicted octanol–water partition coefficient (Wildman–Crippen LogP) is 1.97. The van der Waals surface area contributed by atoms with Crippen molar-refractivity contribution in [2.75, 3.05) is 0 Å². The lowest BCUT2D eigenvalue weighted by Gasteiger charge is -2.07. The molecule has 0 aliphatic heterocycles. The van der Waals surface area contributed by atoms with Crippen molar-refractivity contribution in [3.05, 3.63) is 42.0 Å². The topological polar surface area (TPSA) is 47.8 Å². The number of hydrogen-bond donors (Lipinski definition) is 0. The highest BCUT2D eigenvalue weighted by Gasteiger charge is 2.07. The first-order valence-electron chi connectivity index (χ1n) is 4.71. The number of nitrogens with zero attached hydrogens (tertiary/aromatic N) is 3. The highest BCUT2D eigenvalue weighted by atomic mass is 127. The minimum Gasteiger partial charge on any atom is -0.291 e. The van der Waals surface area contributed by atoms with Gasteiger partial charge in [-0.2, -0.15) is 0 Å². The summed E-state index contributed by atoms with van der Waals surface area (Å²) in [5, 5.41) is 1.01. The van der Waals surface area contributed by atoms with Crippen molar-refractivity contribution in [1.82, 2.24) is 14.5 Å². The quantitative estimate of drug-likeness (QED) is 0.781. The van der Waals surface area contributed by atoms with E-state index in [2.05, 4.69) is 9.97 Å². The third-order valence-corrected chi connectivity index (χ3v) is 3.83. The Morgan fingerprint density at radius 2 is 2.12 bits per heavy atom. The van der Waals surface area contributed by atoms with Gasteiger partial charge in [0.2, 0.25) is 0 Å². The first kappa shape index (κ1) is 11.7. The molecule has 0 saturated heterocycles. The molecule has 0 N–H and O–H groups in total. The molecule has 0 bridgehead atoms. The lowest BCUT2D eigenvalue weighted by atomic mass is 10.4. The van der Waals surface area contributed by atoms with Crippen molar-refractivity contribution in [2.45, 2.75) is 20.4 Å². The smallest absolute Gasteiger partial charge is 0.267 e. The van der Waals surface area contributed by atoms with Crippen molar-refractivity contribution in [2.24, 2.45) is 0 Å². The fourth-order valence-corrected chi connectivity index (χ4v) is 2.59. The van der Waals surface area contributed by atoms with Gasteiger partial charge in [0.1, 0.15) is 5.82 Å². The molecule has 0 aliphatic carbocycles. The molecule has 0 spiro atoms. The van der Waals surface area contributed by atoms with Gasteiger partial charge in [-0.1, -0.05) is 0 Å². The molecule has 2 rings (SSSR count). The molecule has 84 valence electrons. The van der Waals surface area contributed by atoms with Gasteiger partial charge in [0, 0.05) is 17.3 Å². The van der Waals surface area contributed by atoms with Crippen LogP contribution in [0.5, 0.6) is 0 Å². The van der Waals surface area contributed by atoms with E-state index < -0.39 is 0 Å². The predicted molar refractivity (Wildman–Crippen MR) is 71.9 cm³/mol. The summed E-state index contributed by atoms with van der Waals surface area (Å²) in [6, 6.07) is 0. The van der Waals surface area contributed by atoms with Crippen LogP contribution in [0.3, 0.4) is 0 Å². The normalized spacial score (nSPS) is 10.7. The molecular formula is C10H10IN3OS. The lowest BCUT2D eigenvalue weighted by molar-refractivity contribution is 0.701. The summed E-state index contributed by atoms with van der Waals surface area (Å²) in [5.74, 6) is 0.733. The van der Waals surface area contributed by atoms with E-state index in [0.29, 0.717) is 10.1 Å². The molecule has 0 unspecified atom stereocenters. The Balaban J connectivity index is 2.42. The molecule has 0 saturated carbocycles. The minimum absolute atomic E-state index is 0.0131. The van der Waals surface area contributed by atoms with E-state index in [4.69, 9.17) is 0 Å². The summed E-state index contributed by atoms with van der Waals surface area (Å²) in [4.78, 5) is 21.3. The van der Waals surface area contributed by atoms with Gasteiger partial charge in [-0.3, -0.25) is 9.36 Å². The van der Waals surface area contributed by atoms with Crippen LogP contribution in [-0.2, 0) is 6.54 Å². The first-order chi connectivity index (χ1) is 7.58. The number of rotatable bonds is 2. The van der Waals surface area contributed by atoms with Crippen LogP contribution < -0.4 is 5.56 Å². The van der Waals surface area contributed by atoms with Crippen molar-refractivity contribution in [3.63, 3.8) is 0 Å². The summed E-state index contributed by atoms with van der Waals surface area (Å²) in [5.41, 5.74) is 0.0131. The Labute approximate surface area is 111 Å². The number of hydrogen-bond acceptors (Lipinski definition) is 4. The molecule has 0 aromatic carbocycles. The second-order valence-corrected chi connectivity index (χ2v) is 5.87. The lowest BCUT2D eigenvalue weighted by Crippen LogP contribution is -2.25. The van der Waals surface area contributed by atoms with Crippen molar-refractivity contribution >= 4 is 33.9 Å². The van der Waals surface area contributed by atoms with Crippen molar-refractivity contribution in [3.8, 4) is 0 Å². The van der Waals surface area contributed by atoms with E-state index in [1.54, 1.807) is 22.1 Å². The van der Waals surface area contributed by atoms with Crippen LogP contribution in [0.2, 0.25) is 0 Å². The van der Waals surface area contributed by atoms with Crippen LogP contribution in [-0.4, -0.2) is 14.5 Å². The van der Waals surface area contributed by atoms with Crippen LogP contribution in [0.15, 0.2) is 17.2 Å². The van der Waals surface area contributed by atoms with Crippen molar-refractivity contribution < 1.29 is 0 Å². The summed E-state index contributed by atoms with van der Waals surface area (Å²) in [6.07, 6.45) is 3.42. The standard InChI is InChI=1S/C10H10IN3OS/c1-6-12-4-9(11)10(15)14(6)5-8-3-13-7(2)16-8/h3-4H,5H2,1-2H3. The largest absolute Gasteiger partial charge is 0.291 e. The van der Waals surface area contributed by atoms with E-state index in [0.717, 1.165) is 15.7 Å². The SMILES string of the molecule is Cc1ncc(Cn2c(C)ncc(I)c2=O)s1. The fourth-order valence-electron chi connectivity index (χ4n) is 1.37. The molecule has 0 amide bonds. The maximum atomic E-state index is 11.9. The van der Waals surface area contributed by atoms with E-state index in [1.165, 1.54) is 0 Å². The number of aromatic nitrogens is 3. The zero-order valence-electron chi connectivity index (χ0n) is 8.90. The van der Waals surface area contributed by atoms with Crippen LogP contribution >= 0.6 is 33.9 Å². The zero-order valence-corrected chi connectivity index (χ0v) is 11.9. The molecule has 0 aliphatic rings. The maximum absolute atomic E-state index is 11.9. The van der Waals surface area contributed by atoms with Gasteiger partial charge in [-0.15, -0.1) is 11.3 Å². The Bertz CT molecular complexity index is 576. The number of halogens is 1. The van der Waals surface area contributed by atoms with Gasteiger partial charge < -0.3 is 0 Å². The fraction of sp³-hybridized carbons (Fsp3) is 0.300. The summed E-state index contributed by atoms with van der Waals surface area (Å²) >= 11 is 3.61. The Kier molecular flexibility index (Phi) is 3.38. The molecule has 2 heterocycles. The van der Waals surface area contributed by atoms with Gasteiger partial charge in [-0.05, 0) is 36.4 Å². The molecule has 2 aromatic rings. The Morgan fingerprint density at radius 1 is 1.38 bits per heavy atom. The highest BCUT2D eigenvalue weighted by Crippen LogP contribution is 2.13. The molecular weight excluding hydrogens is 337 g/mol. The Hall–Kier alpha value is -0.760. The minimum atomic E-state index is 0.0131. The molecule has 16 heavy (non-hydrogen) atoms. The maximum Gasteiger partial charge on any atom is 0.267 e. The average Bonchev–Trinajstić information content (AvgIpc) is 2.65. The zero-order chi connectivity index (χ0) is 11.7. The number of thiazole rings is 1. The van der Waals surface area contributed by atoms with Crippen LogP contribution in [0, 0.1) is 17.4 Å². The Morgan fingerprint density at radius 3 is 2.75 bits per heavy atom. The number of aryl methyl sites for hydroxylation is 2. The van der Waals surface area contributed by atoms with E-state index in [9.17, 15) is 4.79 Å². The third-order valence-electron chi connectivity index (χ3n) is 2.19. The second kappa shape index (κ2) is 4.62. The van der Waals surface area contributed by atoms with E-state index >= 15 is 0 Å². The monoisotopic (exact) mass is 347 g/mol. The molecule has 4 nitrogen and oxygen atoms in total. The van der Waals surface area contributed by atoms with Gasteiger partial charge in [0.05, 0.1) is 15.1 Å². The van der Waals surface area contributed by atoms with Gasteiger partial charge in [0.25, 0.3) is 5.56 Å². The summed E-state index contributed by atoms with van der Waals surface area (Å²) in [6.45, 7) is 4.35. The van der Waals surface area contributed by atoms with Gasteiger partial charge in [0.15, 0.2) is 0 Å². The van der Waals surface area contributed by atoms with Gasteiger partial charge in [-0.25, -0.2) is 9.97 Å². The second-order valence-electron chi connectivity index (χ2n) is 3.39. The summed E-state index contributed by atoms with van der Waals surface area (Å²) < 4.78 is 2.32. The molecule has 6 heteroatoms. The molecule has 2 aromatic heterocycles. The molecule has 0 radical (unpaired) electrons. The van der Waals surface area contributed by atoms with Crippen LogP contribution in [0.25, 0.3) is 0 Å². The van der Waals surface area contributed by atoms with E-state index in [1.807, 2.05) is 42.6 Å². The van der Waals surface area contributed by atoms with Gasteiger partial charge >= 0.3 is 0 Å². The highest BCUT2D eigenvalue weighted by molar-refractivity contribution is 14.1.